The molecule has 1 aromatic carbocycles. The molecule has 0 aliphatic rings. The van der Waals surface area contributed by atoms with Gasteiger partial charge in [-0.25, -0.2) is 5.43 Å². The molecular formula is C21H27N5O4. The third-order valence-corrected chi connectivity index (χ3v) is 4.37. The zero-order valence-corrected chi connectivity index (χ0v) is 17.0. The molecular weight excluding hydrogens is 386 g/mol. The van der Waals surface area contributed by atoms with Gasteiger partial charge < -0.3 is 10.5 Å². The number of nitrogens with two attached hydrogens (primary N) is 1. The molecule has 0 unspecified atom stereocenters. The van der Waals surface area contributed by atoms with E-state index in [-0.39, 0.29) is 23.7 Å². The van der Waals surface area contributed by atoms with E-state index in [2.05, 4.69) is 22.4 Å². The summed E-state index contributed by atoms with van der Waals surface area (Å²) in [6, 6.07) is 7.84. The third-order valence-electron chi connectivity index (χ3n) is 4.37. The quantitative estimate of drug-likeness (QED) is 0.180. The van der Waals surface area contributed by atoms with E-state index in [1.807, 2.05) is 0 Å². The van der Waals surface area contributed by atoms with Crippen LogP contribution in [0.4, 0.5) is 5.69 Å². The Balaban J connectivity index is 1.93. The van der Waals surface area contributed by atoms with Gasteiger partial charge in [-0.3, -0.25) is 19.9 Å². The minimum atomic E-state index is -0.507. The van der Waals surface area contributed by atoms with Crippen molar-refractivity contribution < 1.29 is 14.5 Å². The van der Waals surface area contributed by atoms with Crippen molar-refractivity contribution in [3.8, 4) is 5.75 Å². The second kappa shape index (κ2) is 12.2. The van der Waals surface area contributed by atoms with E-state index in [1.165, 1.54) is 18.6 Å². The Kier molecular flexibility index (Phi) is 9.23. The van der Waals surface area contributed by atoms with Crippen LogP contribution in [0.5, 0.6) is 5.75 Å². The molecule has 1 aromatic heterocycles. The van der Waals surface area contributed by atoms with Crippen molar-refractivity contribution in [1.29, 1.82) is 0 Å². The number of nitrogens with zero attached hydrogens (tertiary/aromatic N) is 3. The molecule has 0 aliphatic heterocycles. The Hall–Kier alpha value is -3.49. The Morgan fingerprint density at radius 3 is 2.63 bits per heavy atom. The molecule has 2 aromatic rings. The number of carbonyl (C=O) groups is 1. The Morgan fingerprint density at radius 2 is 1.93 bits per heavy atom. The normalized spacial score (nSPS) is 11.2. The number of ether oxygens (including phenoxy) is 1. The van der Waals surface area contributed by atoms with Gasteiger partial charge in [0, 0.05) is 24.0 Å². The predicted octanol–water partition coefficient (Wildman–Crippen LogP) is 3.32. The van der Waals surface area contributed by atoms with E-state index in [0.717, 1.165) is 25.7 Å². The number of hydrogen-bond donors (Lipinski definition) is 2. The first-order valence-corrected chi connectivity index (χ1v) is 9.93. The first-order chi connectivity index (χ1) is 14.5. The number of nitrogens with one attached hydrogen (secondary N) is 1. The van der Waals surface area contributed by atoms with E-state index < -0.39 is 10.8 Å². The van der Waals surface area contributed by atoms with Gasteiger partial charge in [-0.05, 0) is 30.2 Å². The number of amides is 1. The molecule has 0 radical (unpaired) electrons. The minimum Gasteiger partial charge on any atom is -0.487 e. The van der Waals surface area contributed by atoms with Crippen LogP contribution in [0.15, 0.2) is 47.8 Å². The van der Waals surface area contributed by atoms with E-state index in [0.29, 0.717) is 17.7 Å². The van der Waals surface area contributed by atoms with E-state index in [1.54, 1.807) is 30.6 Å². The molecule has 0 atom stereocenters. The molecule has 0 bridgehead atoms. The summed E-state index contributed by atoms with van der Waals surface area (Å²) in [6.07, 6.45) is 8.38. The van der Waals surface area contributed by atoms with Gasteiger partial charge in [-0.2, -0.15) is 5.10 Å². The average molecular weight is 413 g/mol. The number of rotatable bonds is 12. The van der Waals surface area contributed by atoms with Crippen LogP contribution in [0.25, 0.3) is 0 Å². The third kappa shape index (κ3) is 7.50. The maximum atomic E-state index is 12.1. The van der Waals surface area contributed by atoms with E-state index in [4.69, 9.17) is 10.5 Å². The lowest BCUT2D eigenvalue weighted by Gasteiger charge is -2.08. The van der Waals surface area contributed by atoms with Crippen molar-refractivity contribution in [1.82, 2.24) is 10.4 Å². The molecule has 9 nitrogen and oxygen atoms in total. The summed E-state index contributed by atoms with van der Waals surface area (Å²) in [4.78, 5) is 26.9. The van der Waals surface area contributed by atoms with Gasteiger partial charge in [-0.15, -0.1) is 0 Å². The highest BCUT2D eigenvalue weighted by Crippen LogP contribution is 2.28. The number of carbonyl (C=O) groups excluding carboxylic acids is 1. The largest absolute Gasteiger partial charge is 0.487 e. The molecule has 30 heavy (non-hydrogen) atoms. The van der Waals surface area contributed by atoms with Gasteiger partial charge in [0.1, 0.15) is 0 Å². The van der Waals surface area contributed by atoms with Crippen molar-refractivity contribution >= 4 is 17.4 Å². The summed E-state index contributed by atoms with van der Waals surface area (Å²) in [5.74, 6) is -0.0927. The van der Waals surface area contributed by atoms with Gasteiger partial charge in [0.25, 0.3) is 0 Å². The summed E-state index contributed by atoms with van der Waals surface area (Å²) in [5, 5.41) is 15.2. The first-order valence-electron chi connectivity index (χ1n) is 9.93. The topological polar surface area (TPSA) is 133 Å². The monoisotopic (exact) mass is 413 g/mol. The standard InChI is InChI=1S/C21H27N5O4/c1-2-3-4-5-6-13-30-19-8-7-16(14-18(19)26(28)29)15-20(27)24-25-21(22)17-9-11-23-12-10-17/h7-12,14H,2-6,13,15H2,1H3,(H2,22,25)(H,24,27). The summed E-state index contributed by atoms with van der Waals surface area (Å²) in [6.45, 7) is 2.57. The Morgan fingerprint density at radius 1 is 1.20 bits per heavy atom. The fourth-order valence-electron chi connectivity index (χ4n) is 2.76. The zero-order chi connectivity index (χ0) is 21.8. The number of nitro groups is 1. The number of amidine groups is 1. The van der Waals surface area contributed by atoms with Gasteiger partial charge in [0.2, 0.25) is 5.91 Å². The molecule has 160 valence electrons. The number of aromatic nitrogens is 1. The number of hydrogen-bond acceptors (Lipinski definition) is 6. The molecule has 0 spiro atoms. The van der Waals surface area contributed by atoms with Crippen LogP contribution in [-0.4, -0.2) is 28.3 Å². The van der Waals surface area contributed by atoms with Crippen molar-refractivity contribution in [2.45, 2.75) is 45.4 Å². The molecule has 9 heteroatoms. The molecule has 0 aliphatic carbocycles. The highest BCUT2D eigenvalue weighted by Gasteiger charge is 2.17. The SMILES string of the molecule is CCCCCCCOc1ccc(CC(=O)N/N=C(\N)c2ccncc2)cc1[N+](=O)[O-]. The van der Waals surface area contributed by atoms with Gasteiger partial charge in [0.05, 0.1) is 18.0 Å². The molecule has 2 rings (SSSR count). The number of nitro benzene ring substituents is 1. The van der Waals surface area contributed by atoms with Gasteiger partial charge in [-0.1, -0.05) is 38.7 Å². The predicted molar refractivity (Wildman–Crippen MR) is 114 cm³/mol. The molecule has 1 amide bonds. The second-order valence-corrected chi connectivity index (χ2v) is 6.77. The molecule has 1 heterocycles. The lowest BCUT2D eigenvalue weighted by Crippen LogP contribution is -2.25. The number of benzene rings is 1. The van der Waals surface area contributed by atoms with Crippen LogP contribution in [-0.2, 0) is 11.2 Å². The number of pyridine rings is 1. The van der Waals surface area contributed by atoms with Crippen LogP contribution in [0.2, 0.25) is 0 Å². The fourth-order valence-corrected chi connectivity index (χ4v) is 2.76. The molecule has 0 fully saturated rings. The van der Waals surface area contributed by atoms with E-state index >= 15 is 0 Å². The van der Waals surface area contributed by atoms with Gasteiger partial charge in [0.15, 0.2) is 11.6 Å². The molecule has 0 saturated heterocycles. The highest BCUT2D eigenvalue weighted by atomic mass is 16.6. The molecule has 3 N–H and O–H groups in total. The summed E-state index contributed by atoms with van der Waals surface area (Å²) in [7, 11) is 0. The van der Waals surface area contributed by atoms with Crippen molar-refractivity contribution in [2.24, 2.45) is 10.8 Å². The van der Waals surface area contributed by atoms with Crippen LogP contribution in [0.3, 0.4) is 0 Å². The van der Waals surface area contributed by atoms with Crippen LogP contribution >= 0.6 is 0 Å². The van der Waals surface area contributed by atoms with Crippen LogP contribution in [0.1, 0.15) is 50.2 Å². The van der Waals surface area contributed by atoms with Crippen molar-refractivity contribution in [2.75, 3.05) is 6.61 Å². The van der Waals surface area contributed by atoms with Crippen LogP contribution in [0, 0.1) is 10.1 Å². The lowest BCUT2D eigenvalue weighted by molar-refractivity contribution is -0.385. The summed E-state index contributed by atoms with van der Waals surface area (Å²) < 4.78 is 5.58. The van der Waals surface area contributed by atoms with Crippen molar-refractivity contribution in [3.05, 3.63) is 64.0 Å². The zero-order valence-electron chi connectivity index (χ0n) is 17.0. The maximum Gasteiger partial charge on any atom is 0.311 e. The number of unbranched alkanes of at least 4 members (excludes halogenated alkanes) is 4. The maximum absolute atomic E-state index is 12.1. The summed E-state index contributed by atoms with van der Waals surface area (Å²) in [5.41, 5.74) is 9.10. The Labute approximate surface area is 175 Å². The van der Waals surface area contributed by atoms with Crippen LogP contribution < -0.4 is 15.9 Å². The lowest BCUT2D eigenvalue weighted by atomic mass is 10.1. The van der Waals surface area contributed by atoms with Gasteiger partial charge >= 0.3 is 5.69 Å². The van der Waals surface area contributed by atoms with Crippen molar-refractivity contribution in [3.63, 3.8) is 0 Å². The number of hydrazone groups is 1. The first kappa shape index (κ1) is 22.8. The smallest absolute Gasteiger partial charge is 0.311 e. The van der Waals surface area contributed by atoms with E-state index in [9.17, 15) is 14.9 Å². The summed E-state index contributed by atoms with van der Waals surface area (Å²) >= 11 is 0. The minimum absolute atomic E-state index is 0.0781. The highest BCUT2D eigenvalue weighted by molar-refractivity contribution is 5.97. The second-order valence-electron chi connectivity index (χ2n) is 6.77. The average Bonchev–Trinajstić information content (AvgIpc) is 2.75. The molecule has 0 saturated carbocycles. The Bertz CT molecular complexity index is 871. The fraction of sp³-hybridized carbons (Fsp3) is 0.381.